The van der Waals surface area contributed by atoms with Gasteiger partial charge in [-0.1, -0.05) is 6.07 Å². The predicted molar refractivity (Wildman–Crippen MR) is 75.9 cm³/mol. The SMILES string of the molecule is COc1ccc(C(=O)O)cc1Oc1ccc(C)cc1C#N. The Morgan fingerprint density at radius 1 is 1.14 bits per heavy atom. The maximum atomic E-state index is 11.0. The summed E-state index contributed by atoms with van der Waals surface area (Å²) in [6.45, 7) is 1.87. The van der Waals surface area contributed by atoms with Crippen molar-refractivity contribution in [1.29, 1.82) is 5.26 Å². The van der Waals surface area contributed by atoms with Crippen LogP contribution in [0.3, 0.4) is 0 Å². The van der Waals surface area contributed by atoms with Crippen molar-refractivity contribution < 1.29 is 19.4 Å². The van der Waals surface area contributed by atoms with Gasteiger partial charge < -0.3 is 14.6 Å². The molecule has 2 aromatic carbocycles. The lowest BCUT2D eigenvalue weighted by Gasteiger charge is -2.12. The lowest BCUT2D eigenvalue weighted by Crippen LogP contribution is -1.99. The van der Waals surface area contributed by atoms with Gasteiger partial charge in [0.25, 0.3) is 0 Å². The number of aromatic carboxylic acids is 1. The number of nitrogens with zero attached hydrogens (tertiary/aromatic N) is 1. The average Bonchev–Trinajstić information content (AvgIpc) is 2.48. The summed E-state index contributed by atoms with van der Waals surface area (Å²) in [6, 6.07) is 11.5. The van der Waals surface area contributed by atoms with E-state index < -0.39 is 5.97 Å². The van der Waals surface area contributed by atoms with Crippen LogP contribution in [0.5, 0.6) is 17.2 Å². The van der Waals surface area contributed by atoms with Gasteiger partial charge in [-0.15, -0.1) is 0 Å². The van der Waals surface area contributed by atoms with Gasteiger partial charge in [0.2, 0.25) is 0 Å². The van der Waals surface area contributed by atoms with Crippen molar-refractivity contribution in [3.63, 3.8) is 0 Å². The molecule has 0 atom stereocenters. The number of carboxylic acid groups (broad SMARTS) is 1. The smallest absolute Gasteiger partial charge is 0.335 e. The van der Waals surface area contributed by atoms with E-state index in [-0.39, 0.29) is 11.3 Å². The molecule has 0 amide bonds. The molecule has 5 nitrogen and oxygen atoms in total. The van der Waals surface area contributed by atoms with Gasteiger partial charge in [-0.2, -0.15) is 5.26 Å². The van der Waals surface area contributed by atoms with Gasteiger partial charge in [-0.25, -0.2) is 4.79 Å². The largest absolute Gasteiger partial charge is 0.493 e. The summed E-state index contributed by atoms with van der Waals surface area (Å²) in [7, 11) is 1.46. The van der Waals surface area contributed by atoms with Crippen molar-refractivity contribution in [3.8, 4) is 23.3 Å². The highest BCUT2D eigenvalue weighted by Gasteiger charge is 2.13. The molecule has 2 rings (SSSR count). The number of hydrogen-bond donors (Lipinski definition) is 1. The van der Waals surface area contributed by atoms with Crippen molar-refractivity contribution in [3.05, 3.63) is 53.1 Å². The molecule has 0 unspecified atom stereocenters. The standard InChI is InChI=1S/C16H13NO4/c1-10-3-5-13(12(7-10)9-17)21-15-8-11(16(18)19)4-6-14(15)20-2/h3-8H,1-2H3,(H,18,19). The van der Waals surface area contributed by atoms with Crippen LogP contribution in [0.25, 0.3) is 0 Å². The summed E-state index contributed by atoms with van der Waals surface area (Å²) in [4.78, 5) is 11.0. The minimum absolute atomic E-state index is 0.0800. The normalized spacial score (nSPS) is 9.76. The van der Waals surface area contributed by atoms with Gasteiger partial charge >= 0.3 is 5.97 Å². The fraction of sp³-hybridized carbons (Fsp3) is 0.125. The predicted octanol–water partition coefficient (Wildman–Crippen LogP) is 3.37. The minimum atomic E-state index is -1.06. The molecule has 0 spiro atoms. The third-order valence-electron chi connectivity index (χ3n) is 2.89. The molecule has 21 heavy (non-hydrogen) atoms. The number of ether oxygens (including phenoxy) is 2. The molecule has 1 N–H and O–H groups in total. The molecule has 0 aliphatic carbocycles. The van der Waals surface area contributed by atoms with Gasteiger partial charge in [0.1, 0.15) is 11.8 Å². The number of hydrogen-bond acceptors (Lipinski definition) is 4. The molecule has 0 saturated carbocycles. The quantitative estimate of drug-likeness (QED) is 0.930. The monoisotopic (exact) mass is 283 g/mol. The van der Waals surface area contributed by atoms with E-state index in [0.29, 0.717) is 17.1 Å². The van der Waals surface area contributed by atoms with E-state index in [1.165, 1.54) is 25.3 Å². The third kappa shape index (κ3) is 3.12. The van der Waals surface area contributed by atoms with E-state index in [1.807, 2.05) is 19.1 Å². The second-order valence-electron chi connectivity index (χ2n) is 4.38. The Kier molecular flexibility index (Phi) is 4.10. The Morgan fingerprint density at radius 3 is 2.48 bits per heavy atom. The van der Waals surface area contributed by atoms with Crippen LogP contribution in [0.4, 0.5) is 0 Å². The lowest BCUT2D eigenvalue weighted by atomic mass is 10.1. The molecule has 0 aromatic heterocycles. The zero-order valence-electron chi connectivity index (χ0n) is 11.6. The van der Waals surface area contributed by atoms with E-state index in [9.17, 15) is 4.79 Å². The average molecular weight is 283 g/mol. The van der Waals surface area contributed by atoms with Crippen molar-refractivity contribution in [1.82, 2.24) is 0 Å². The Hall–Kier alpha value is -3.00. The van der Waals surface area contributed by atoms with Gasteiger partial charge in [-0.05, 0) is 42.8 Å². The molecule has 106 valence electrons. The highest BCUT2D eigenvalue weighted by Crippen LogP contribution is 2.34. The summed E-state index contributed by atoms with van der Waals surface area (Å²) >= 11 is 0. The maximum Gasteiger partial charge on any atom is 0.335 e. The van der Waals surface area contributed by atoms with E-state index in [4.69, 9.17) is 19.8 Å². The second kappa shape index (κ2) is 5.97. The first kappa shape index (κ1) is 14.4. The molecule has 0 aliphatic rings. The van der Waals surface area contributed by atoms with Crippen LogP contribution in [0.2, 0.25) is 0 Å². The highest BCUT2D eigenvalue weighted by atomic mass is 16.5. The summed E-state index contributed by atoms with van der Waals surface area (Å²) in [5.74, 6) is -0.0712. The van der Waals surface area contributed by atoms with Crippen LogP contribution in [-0.2, 0) is 0 Å². The van der Waals surface area contributed by atoms with Crippen molar-refractivity contribution in [2.24, 2.45) is 0 Å². The maximum absolute atomic E-state index is 11.0. The summed E-state index contributed by atoms with van der Waals surface area (Å²) in [5.41, 5.74) is 1.39. The second-order valence-corrected chi connectivity index (χ2v) is 4.38. The molecule has 2 aromatic rings. The fourth-order valence-electron chi connectivity index (χ4n) is 1.83. The van der Waals surface area contributed by atoms with Crippen LogP contribution < -0.4 is 9.47 Å². The molecule has 0 fully saturated rings. The molecule has 0 radical (unpaired) electrons. The van der Waals surface area contributed by atoms with Crippen molar-refractivity contribution >= 4 is 5.97 Å². The first-order chi connectivity index (χ1) is 10.0. The van der Waals surface area contributed by atoms with Crippen LogP contribution in [0.1, 0.15) is 21.5 Å². The third-order valence-corrected chi connectivity index (χ3v) is 2.89. The Morgan fingerprint density at radius 2 is 1.86 bits per heavy atom. The molecular formula is C16H13NO4. The van der Waals surface area contributed by atoms with Gasteiger partial charge in [0, 0.05) is 0 Å². The van der Waals surface area contributed by atoms with E-state index in [2.05, 4.69) is 0 Å². The summed E-state index contributed by atoms with van der Waals surface area (Å²) in [6.07, 6.45) is 0. The Labute approximate surface area is 122 Å². The summed E-state index contributed by atoms with van der Waals surface area (Å²) in [5, 5.41) is 18.2. The van der Waals surface area contributed by atoms with E-state index >= 15 is 0 Å². The molecule has 0 heterocycles. The molecule has 0 bridgehead atoms. The first-order valence-corrected chi connectivity index (χ1v) is 6.15. The number of benzene rings is 2. The van der Waals surface area contributed by atoms with Gasteiger partial charge in [0.05, 0.1) is 18.2 Å². The van der Waals surface area contributed by atoms with Crippen LogP contribution in [0.15, 0.2) is 36.4 Å². The fourth-order valence-corrected chi connectivity index (χ4v) is 1.83. The number of nitriles is 1. The topological polar surface area (TPSA) is 79.6 Å². The highest BCUT2D eigenvalue weighted by molar-refractivity contribution is 5.88. The van der Waals surface area contributed by atoms with E-state index in [0.717, 1.165) is 5.56 Å². The number of carboxylic acids is 1. The lowest BCUT2D eigenvalue weighted by molar-refractivity contribution is 0.0696. The molecule has 0 saturated heterocycles. The van der Waals surface area contributed by atoms with Crippen LogP contribution in [-0.4, -0.2) is 18.2 Å². The zero-order chi connectivity index (χ0) is 15.4. The van der Waals surface area contributed by atoms with Crippen LogP contribution in [0, 0.1) is 18.3 Å². The van der Waals surface area contributed by atoms with Gasteiger partial charge in [0.15, 0.2) is 11.5 Å². The number of carbonyl (C=O) groups is 1. The van der Waals surface area contributed by atoms with Crippen LogP contribution >= 0.6 is 0 Å². The number of aryl methyl sites for hydroxylation is 1. The zero-order valence-corrected chi connectivity index (χ0v) is 11.6. The summed E-state index contributed by atoms with van der Waals surface area (Å²) < 4.78 is 10.8. The molecule has 5 heteroatoms. The number of rotatable bonds is 4. The minimum Gasteiger partial charge on any atom is -0.493 e. The first-order valence-electron chi connectivity index (χ1n) is 6.15. The molecule has 0 aliphatic heterocycles. The Balaban J connectivity index is 2.45. The van der Waals surface area contributed by atoms with Gasteiger partial charge in [-0.3, -0.25) is 0 Å². The van der Waals surface area contributed by atoms with Crippen molar-refractivity contribution in [2.75, 3.05) is 7.11 Å². The Bertz CT molecular complexity index is 732. The molecular weight excluding hydrogens is 270 g/mol. The van der Waals surface area contributed by atoms with E-state index in [1.54, 1.807) is 12.1 Å². The number of methoxy groups -OCH3 is 1. The van der Waals surface area contributed by atoms with Crippen molar-refractivity contribution in [2.45, 2.75) is 6.92 Å².